The summed E-state index contributed by atoms with van der Waals surface area (Å²) in [5.74, 6) is 0.629. The van der Waals surface area contributed by atoms with Crippen molar-refractivity contribution >= 4 is 15.7 Å². The van der Waals surface area contributed by atoms with Gasteiger partial charge in [-0.1, -0.05) is 12.1 Å². The normalized spacial score (nSPS) is 24.1. The van der Waals surface area contributed by atoms with Crippen LogP contribution in [-0.4, -0.2) is 25.8 Å². The molecule has 1 saturated carbocycles. The minimum absolute atomic E-state index is 0.0972. The van der Waals surface area contributed by atoms with Crippen molar-refractivity contribution in [2.24, 2.45) is 5.92 Å². The van der Waals surface area contributed by atoms with Crippen LogP contribution in [0.2, 0.25) is 0 Å². The first-order chi connectivity index (χ1) is 12.3. The van der Waals surface area contributed by atoms with Crippen LogP contribution in [0, 0.1) is 5.92 Å². The first-order valence-corrected chi connectivity index (χ1v) is 11.6. The Labute approximate surface area is 159 Å². The molecule has 0 heterocycles. The largest absolute Gasteiger partial charge is 0.385 e. The lowest BCUT2D eigenvalue weighted by molar-refractivity contribution is 0.322. The molecule has 0 unspecified atom stereocenters. The molecule has 26 heavy (non-hydrogen) atoms. The van der Waals surface area contributed by atoms with Crippen molar-refractivity contribution in [1.82, 2.24) is 4.72 Å². The zero-order valence-electron chi connectivity index (χ0n) is 16.5. The minimum Gasteiger partial charge on any atom is -0.385 e. The third-order valence-corrected chi connectivity index (χ3v) is 8.21. The van der Waals surface area contributed by atoms with E-state index in [0.717, 1.165) is 32.2 Å². The van der Waals surface area contributed by atoms with Crippen molar-refractivity contribution in [3.05, 3.63) is 29.3 Å². The van der Waals surface area contributed by atoms with Gasteiger partial charge < -0.3 is 5.32 Å². The van der Waals surface area contributed by atoms with Crippen LogP contribution in [-0.2, 0) is 22.9 Å². The molecule has 0 spiro atoms. The third kappa shape index (κ3) is 4.61. The van der Waals surface area contributed by atoms with Crippen LogP contribution in [0.4, 0.5) is 5.69 Å². The summed E-state index contributed by atoms with van der Waals surface area (Å²) >= 11 is 0. The SMILES string of the molecule is CC(C)(C)S(=O)(=O)NC1CCC(CNc2cccc3c2CCCC3)CC1. The fourth-order valence-corrected chi connectivity index (χ4v) is 5.11. The quantitative estimate of drug-likeness (QED) is 0.805. The maximum atomic E-state index is 12.3. The molecule has 1 aromatic rings. The van der Waals surface area contributed by atoms with Gasteiger partial charge in [0, 0.05) is 18.3 Å². The van der Waals surface area contributed by atoms with Gasteiger partial charge in [0.25, 0.3) is 0 Å². The smallest absolute Gasteiger partial charge is 0.216 e. The Bertz CT molecular complexity index is 714. The monoisotopic (exact) mass is 378 g/mol. The summed E-state index contributed by atoms with van der Waals surface area (Å²) < 4.78 is 26.8. The summed E-state index contributed by atoms with van der Waals surface area (Å²) in [6.07, 6.45) is 9.06. The van der Waals surface area contributed by atoms with E-state index in [2.05, 4.69) is 28.2 Å². The van der Waals surface area contributed by atoms with Crippen LogP contribution in [0.5, 0.6) is 0 Å². The molecular formula is C21H34N2O2S. The highest BCUT2D eigenvalue weighted by Gasteiger charge is 2.32. The van der Waals surface area contributed by atoms with Crippen molar-refractivity contribution in [2.45, 2.75) is 82.9 Å². The fraction of sp³-hybridized carbons (Fsp3) is 0.714. The van der Waals surface area contributed by atoms with E-state index in [1.54, 1.807) is 20.8 Å². The first-order valence-electron chi connectivity index (χ1n) is 10.1. The summed E-state index contributed by atoms with van der Waals surface area (Å²) in [6.45, 7) is 6.26. The molecule has 0 radical (unpaired) electrons. The molecule has 5 heteroatoms. The number of hydrogen-bond donors (Lipinski definition) is 2. The van der Waals surface area contributed by atoms with E-state index in [-0.39, 0.29) is 6.04 Å². The predicted octanol–water partition coefficient (Wildman–Crippen LogP) is 4.25. The molecular weight excluding hydrogens is 344 g/mol. The van der Waals surface area contributed by atoms with Crippen molar-refractivity contribution in [3.63, 3.8) is 0 Å². The van der Waals surface area contributed by atoms with Gasteiger partial charge in [0.05, 0.1) is 4.75 Å². The predicted molar refractivity (Wildman–Crippen MR) is 109 cm³/mol. The van der Waals surface area contributed by atoms with Gasteiger partial charge in [0.1, 0.15) is 0 Å². The van der Waals surface area contributed by atoms with Gasteiger partial charge in [-0.3, -0.25) is 0 Å². The molecule has 3 rings (SSSR count). The molecule has 1 aromatic carbocycles. The average molecular weight is 379 g/mol. The molecule has 146 valence electrons. The molecule has 2 aliphatic carbocycles. The Balaban J connectivity index is 1.49. The van der Waals surface area contributed by atoms with E-state index >= 15 is 0 Å². The Morgan fingerprint density at radius 1 is 1.04 bits per heavy atom. The van der Waals surface area contributed by atoms with Crippen LogP contribution in [0.3, 0.4) is 0 Å². The van der Waals surface area contributed by atoms with Crippen molar-refractivity contribution in [2.75, 3.05) is 11.9 Å². The number of anilines is 1. The minimum atomic E-state index is -3.25. The van der Waals surface area contributed by atoms with Gasteiger partial charge in [-0.25, -0.2) is 13.1 Å². The van der Waals surface area contributed by atoms with E-state index in [0.29, 0.717) is 5.92 Å². The number of sulfonamides is 1. The second-order valence-corrected chi connectivity index (χ2v) is 11.4. The lowest BCUT2D eigenvalue weighted by atomic mass is 9.86. The summed E-state index contributed by atoms with van der Waals surface area (Å²) in [5, 5.41) is 3.69. The zero-order valence-corrected chi connectivity index (χ0v) is 17.3. The third-order valence-electron chi connectivity index (χ3n) is 5.95. The maximum absolute atomic E-state index is 12.3. The van der Waals surface area contributed by atoms with Crippen molar-refractivity contribution in [1.29, 1.82) is 0 Å². The van der Waals surface area contributed by atoms with Gasteiger partial charge in [0.2, 0.25) is 10.0 Å². The summed E-state index contributed by atoms with van der Waals surface area (Å²) in [5.41, 5.74) is 4.35. The van der Waals surface area contributed by atoms with Crippen molar-refractivity contribution in [3.8, 4) is 0 Å². The average Bonchev–Trinajstić information content (AvgIpc) is 2.60. The second-order valence-electron chi connectivity index (χ2n) is 8.98. The number of nitrogens with one attached hydrogen (secondary N) is 2. The molecule has 0 amide bonds. The number of rotatable bonds is 5. The van der Waals surface area contributed by atoms with Crippen LogP contribution in [0.1, 0.15) is 70.4 Å². The lowest BCUT2D eigenvalue weighted by Crippen LogP contribution is -2.46. The van der Waals surface area contributed by atoms with Gasteiger partial charge >= 0.3 is 0 Å². The van der Waals surface area contributed by atoms with Gasteiger partial charge in [-0.05, 0) is 95.2 Å². The van der Waals surface area contributed by atoms with E-state index in [4.69, 9.17) is 0 Å². The summed E-state index contributed by atoms with van der Waals surface area (Å²) in [6, 6.07) is 6.75. The van der Waals surface area contributed by atoms with Crippen molar-refractivity contribution < 1.29 is 8.42 Å². The lowest BCUT2D eigenvalue weighted by Gasteiger charge is -2.32. The Morgan fingerprint density at radius 2 is 1.73 bits per heavy atom. The summed E-state index contributed by atoms with van der Waals surface area (Å²) in [4.78, 5) is 0. The molecule has 1 fully saturated rings. The standard InChI is InChI=1S/C21H34N2O2S/c1-21(2,3)26(24,25)23-18-13-11-16(12-14-18)15-22-20-10-6-8-17-7-4-5-9-19(17)20/h6,8,10,16,18,22-23H,4-5,7,9,11-15H2,1-3H3. The molecule has 0 aliphatic heterocycles. The molecule has 0 saturated heterocycles. The van der Waals surface area contributed by atoms with Gasteiger partial charge in [-0.15, -0.1) is 0 Å². The number of fused-ring (bicyclic) bond motifs is 1. The van der Waals surface area contributed by atoms with E-state index in [1.807, 2.05) is 0 Å². The maximum Gasteiger partial charge on any atom is 0.216 e. The van der Waals surface area contributed by atoms with Crippen LogP contribution >= 0.6 is 0 Å². The summed E-state index contributed by atoms with van der Waals surface area (Å²) in [7, 11) is -3.25. The van der Waals surface area contributed by atoms with E-state index < -0.39 is 14.8 Å². The molecule has 0 aromatic heterocycles. The van der Waals surface area contributed by atoms with E-state index in [1.165, 1.54) is 42.5 Å². The Morgan fingerprint density at radius 3 is 2.42 bits per heavy atom. The zero-order chi connectivity index (χ0) is 18.8. The molecule has 0 bridgehead atoms. The highest BCUT2D eigenvalue weighted by atomic mass is 32.2. The number of benzene rings is 1. The van der Waals surface area contributed by atoms with Gasteiger partial charge in [-0.2, -0.15) is 0 Å². The fourth-order valence-electron chi connectivity index (χ4n) is 4.08. The Hall–Kier alpha value is -1.07. The number of hydrogen-bond acceptors (Lipinski definition) is 3. The Kier molecular flexibility index (Phi) is 5.97. The van der Waals surface area contributed by atoms with E-state index in [9.17, 15) is 8.42 Å². The van der Waals surface area contributed by atoms with Crippen LogP contribution in [0.25, 0.3) is 0 Å². The number of aryl methyl sites for hydroxylation is 1. The van der Waals surface area contributed by atoms with Crippen LogP contribution in [0.15, 0.2) is 18.2 Å². The highest BCUT2D eigenvalue weighted by Crippen LogP contribution is 2.30. The topological polar surface area (TPSA) is 58.2 Å². The van der Waals surface area contributed by atoms with Gasteiger partial charge in [0.15, 0.2) is 0 Å². The second kappa shape index (κ2) is 7.89. The molecule has 2 N–H and O–H groups in total. The molecule has 0 atom stereocenters. The molecule has 4 nitrogen and oxygen atoms in total. The first kappa shape index (κ1) is 19.7. The highest BCUT2D eigenvalue weighted by molar-refractivity contribution is 7.90. The van der Waals surface area contributed by atoms with Crippen LogP contribution < -0.4 is 10.0 Å². The molecule has 2 aliphatic rings.